The quantitative estimate of drug-likeness (QED) is 0.0336. The molecule has 15 heteroatoms. The zero-order valence-corrected chi connectivity index (χ0v) is 54.6. The molecule has 9 aromatic carbocycles. The average Bonchev–Trinajstić information content (AvgIpc) is 0.775. The lowest BCUT2D eigenvalue weighted by Crippen LogP contribution is -2.26. The van der Waals surface area contributed by atoms with Crippen molar-refractivity contribution in [3.8, 4) is 0 Å². The van der Waals surface area contributed by atoms with Gasteiger partial charge < -0.3 is 27.9 Å². The standard InChI is InChI=1S/C75H71O12P3/c1-48-40-51(4)69(73(79)88(82,58-28-16-10-17-29-58)59-30-18-11-19-31-59)54(7)64(48)45-85-67(76)43-57(72(78)87-47-66-50(3)42-53(6)71(56(66)9)75(81)90(84,62-36-24-14-25-37-62)63-38-26-15-27-39-63)44-68(77)86-46-65-49(2)41-52(5)70(55(65)8)74(80)89(83,60-32-20-12-21-33-60)61-34-22-13-23-35-61/h10-42,57H,43-47H2,1-9H3. The lowest BCUT2D eigenvalue weighted by Gasteiger charge is -2.23. The minimum Gasteiger partial charge on any atom is -0.461 e. The SMILES string of the molecule is Cc1cc(C)c(C(=O)P(=O)(c2ccccc2)c2ccccc2)c(C)c1COC(=O)CC(CC(=O)OCc1c(C)cc(C)c(C(=O)P(=O)(c2ccccc2)c2ccccc2)c1C)C(=O)OCc1c(C)cc(C)c(C(=O)P(=O)(c2ccccc2)c2ccccc2)c1C. The third-order valence-electron chi connectivity index (χ3n) is 16.9. The Bertz CT molecular complexity index is 4060. The van der Waals surface area contributed by atoms with Gasteiger partial charge in [-0.3, -0.25) is 28.8 Å². The summed E-state index contributed by atoms with van der Waals surface area (Å²) in [4.78, 5) is 88.1. The van der Waals surface area contributed by atoms with Gasteiger partial charge in [0.2, 0.25) is 38.0 Å². The van der Waals surface area contributed by atoms with Crippen molar-refractivity contribution in [2.75, 3.05) is 0 Å². The van der Waals surface area contributed by atoms with E-state index in [0.717, 1.165) is 0 Å². The van der Waals surface area contributed by atoms with E-state index in [-0.39, 0.29) is 29.9 Å². The fourth-order valence-electron chi connectivity index (χ4n) is 12.1. The van der Waals surface area contributed by atoms with E-state index in [4.69, 9.17) is 14.2 Å². The predicted octanol–water partition coefficient (Wildman–Crippen LogP) is 13.9. The van der Waals surface area contributed by atoms with Crippen LogP contribution in [0, 0.1) is 68.2 Å². The van der Waals surface area contributed by atoms with Gasteiger partial charge in [0.1, 0.15) is 19.8 Å². The smallest absolute Gasteiger partial charge is 0.310 e. The number of hydrogen-bond donors (Lipinski definition) is 0. The first-order valence-corrected chi connectivity index (χ1v) is 34.7. The summed E-state index contributed by atoms with van der Waals surface area (Å²) in [5, 5.41) is 2.16. The molecule has 12 nitrogen and oxygen atoms in total. The maximum absolute atomic E-state index is 15.4. The third-order valence-corrected chi connectivity index (χ3v) is 25.4. The summed E-state index contributed by atoms with van der Waals surface area (Å²) in [6.45, 7) is 14.7. The lowest BCUT2D eigenvalue weighted by atomic mass is 9.94. The van der Waals surface area contributed by atoms with E-state index in [0.29, 0.717) is 98.6 Å². The summed E-state index contributed by atoms with van der Waals surface area (Å²) in [7, 11) is -11.9. The molecule has 0 aliphatic carbocycles. The first kappa shape index (κ1) is 65.5. The van der Waals surface area contributed by atoms with Gasteiger partial charge >= 0.3 is 17.9 Å². The van der Waals surface area contributed by atoms with Crippen LogP contribution in [0.1, 0.15) is 111 Å². The van der Waals surface area contributed by atoms with Crippen LogP contribution in [0.2, 0.25) is 0 Å². The van der Waals surface area contributed by atoms with Gasteiger partial charge in [0.25, 0.3) is 0 Å². The molecule has 0 radical (unpaired) electrons. The number of hydrogen-bond acceptors (Lipinski definition) is 12. The molecular formula is C75H71O12P3. The molecule has 0 aromatic heterocycles. The highest BCUT2D eigenvalue weighted by Crippen LogP contribution is 2.51. The highest BCUT2D eigenvalue weighted by molar-refractivity contribution is 7.94. The van der Waals surface area contributed by atoms with E-state index in [2.05, 4.69) is 0 Å². The van der Waals surface area contributed by atoms with E-state index in [9.17, 15) is 24.0 Å². The van der Waals surface area contributed by atoms with Crippen molar-refractivity contribution in [3.05, 3.63) is 284 Å². The Labute approximate surface area is 526 Å². The van der Waals surface area contributed by atoms with Gasteiger partial charge in [-0.1, -0.05) is 200 Å². The highest BCUT2D eigenvalue weighted by Gasteiger charge is 2.42. The summed E-state index contributed by atoms with van der Waals surface area (Å²) in [5.74, 6) is -4.23. The Kier molecular flexibility index (Phi) is 20.3. The van der Waals surface area contributed by atoms with Crippen LogP contribution in [0.5, 0.6) is 0 Å². The number of carbonyl (C=O) groups is 6. The van der Waals surface area contributed by atoms with Crippen LogP contribution in [0.3, 0.4) is 0 Å². The van der Waals surface area contributed by atoms with Crippen molar-refractivity contribution in [1.82, 2.24) is 0 Å². The maximum Gasteiger partial charge on any atom is 0.310 e. The van der Waals surface area contributed by atoms with Crippen LogP contribution in [-0.2, 0) is 62.1 Å². The Morgan fingerprint density at radius 1 is 0.311 bits per heavy atom. The number of ether oxygens (including phenoxy) is 3. The highest BCUT2D eigenvalue weighted by atomic mass is 31.2. The molecule has 458 valence electrons. The van der Waals surface area contributed by atoms with Crippen molar-refractivity contribution < 1.29 is 56.7 Å². The normalized spacial score (nSPS) is 11.7. The summed E-state index contributed by atoms with van der Waals surface area (Å²) in [6, 6.07) is 56.8. The molecule has 0 fully saturated rings. The Balaban J connectivity index is 1.01. The summed E-state index contributed by atoms with van der Waals surface area (Å²) in [6.07, 6.45) is -1.33. The van der Waals surface area contributed by atoms with Gasteiger partial charge in [-0.2, -0.15) is 0 Å². The topological polar surface area (TPSA) is 181 Å². The predicted molar refractivity (Wildman–Crippen MR) is 356 cm³/mol. The van der Waals surface area contributed by atoms with Crippen LogP contribution in [-0.4, -0.2) is 34.5 Å². The zero-order chi connectivity index (χ0) is 64.7. The van der Waals surface area contributed by atoms with E-state index >= 15 is 18.5 Å². The minimum absolute atomic E-state index is 0.204. The lowest BCUT2D eigenvalue weighted by molar-refractivity contribution is -0.160. The minimum atomic E-state index is -3.98. The van der Waals surface area contributed by atoms with E-state index in [1.807, 2.05) is 0 Å². The second kappa shape index (κ2) is 27.9. The first-order chi connectivity index (χ1) is 43.0. The molecule has 0 aliphatic rings. The Morgan fingerprint density at radius 3 is 0.744 bits per heavy atom. The number of rotatable bonds is 23. The van der Waals surface area contributed by atoms with E-state index < -0.39 is 81.3 Å². The molecule has 0 saturated carbocycles. The Hall–Kier alpha value is -8.91. The van der Waals surface area contributed by atoms with Crippen LogP contribution in [0.4, 0.5) is 0 Å². The fourth-order valence-corrected chi connectivity index (χ4v) is 19.9. The summed E-state index contributed by atoms with van der Waals surface area (Å²) < 4.78 is 64.0. The van der Waals surface area contributed by atoms with Crippen molar-refractivity contribution >= 4 is 87.7 Å². The van der Waals surface area contributed by atoms with Gasteiger partial charge in [0.05, 0.1) is 18.8 Å². The molecular weight excluding hydrogens is 1190 g/mol. The van der Waals surface area contributed by atoms with Crippen LogP contribution < -0.4 is 31.8 Å². The van der Waals surface area contributed by atoms with E-state index in [1.54, 1.807) is 263 Å². The second-order valence-corrected chi connectivity index (χ2v) is 30.7. The molecule has 0 N–H and O–H groups in total. The zero-order valence-electron chi connectivity index (χ0n) is 51.9. The maximum atomic E-state index is 15.4. The van der Waals surface area contributed by atoms with Crippen molar-refractivity contribution in [2.45, 2.75) is 95.0 Å². The second-order valence-electron chi connectivity index (χ2n) is 22.8. The number of carbonyl (C=O) groups excluding carboxylic acids is 6. The number of benzene rings is 9. The van der Waals surface area contributed by atoms with Crippen molar-refractivity contribution in [2.24, 2.45) is 5.92 Å². The van der Waals surface area contributed by atoms with Gasteiger partial charge in [0, 0.05) is 48.5 Å². The third kappa shape index (κ3) is 13.1. The van der Waals surface area contributed by atoms with Gasteiger partial charge in [0.15, 0.2) is 0 Å². The molecule has 0 unspecified atom stereocenters. The molecule has 0 amide bonds. The average molecular weight is 1260 g/mol. The van der Waals surface area contributed by atoms with Gasteiger partial charge in [-0.25, -0.2) is 0 Å². The Morgan fingerprint density at radius 2 is 0.522 bits per heavy atom. The molecule has 9 aromatic rings. The van der Waals surface area contributed by atoms with Crippen LogP contribution >= 0.6 is 21.4 Å². The number of esters is 3. The fraction of sp³-hybridized carbons (Fsp3) is 0.200. The molecule has 0 spiro atoms. The molecule has 90 heavy (non-hydrogen) atoms. The monoisotopic (exact) mass is 1260 g/mol. The van der Waals surface area contributed by atoms with Crippen molar-refractivity contribution in [1.29, 1.82) is 0 Å². The molecule has 0 heterocycles. The molecule has 0 atom stereocenters. The first-order valence-electron chi connectivity index (χ1n) is 29.6. The van der Waals surface area contributed by atoms with Gasteiger partial charge in [-0.15, -0.1) is 0 Å². The van der Waals surface area contributed by atoms with E-state index in [1.165, 1.54) is 0 Å². The molecule has 0 saturated heterocycles. The summed E-state index contributed by atoms with van der Waals surface area (Å²) in [5.41, 5.74) is 5.39. The van der Waals surface area contributed by atoms with Crippen molar-refractivity contribution in [3.63, 3.8) is 0 Å². The number of aryl methyl sites for hydroxylation is 6. The molecule has 0 aliphatic heterocycles. The van der Waals surface area contributed by atoms with Crippen LogP contribution in [0.25, 0.3) is 0 Å². The molecule has 0 bridgehead atoms. The largest absolute Gasteiger partial charge is 0.461 e. The van der Waals surface area contributed by atoms with Gasteiger partial charge in [-0.05, 0) is 129 Å². The van der Waals surface area contributed by atoms with Crippen LogP contribution in [0.15, 0.2) is 200 Å². The summed E-state index contributed by atoms with van der Waals surface area (Å²) >= 11 is 0. The molecule has 9 rings (SSSR count).